The summed E-state index contributed by atoms with van der Waals surface area (Å²) < 4.78 is 0. The topological polar surface area (TPSA) is 0 Å². The maximum absolute atomic E-state index is 2.42. The number of hydrogen-bond acceptors (Lipinski definition) is 0. The Hall–Kier alpha value is 0.130. The molecule has 0 aliphatic heterocycles. The molecule has 1 fully saturated rings. The maximum Gasteiger partial charge on any atom is 0.105 e. The largest absolute Gasteiger partial charge is 0.105 e. The Morgan fingerprint density at radius 3 is 1.75 bits per heavy atom. The van der Waals surface area contributed by atoms with Crippen molar-refractivity contribution in [1.29, 1.82) is 0 Å². The fraction of sp³-hybridized carbons (Fsp3) is 1.00. The minimum absolute atomic E-state index is 0.896. The summed E-state index contributed by atoms with van der Waals surface area (Å²) in [5, 5.41) is 0. The first kappa shape index (κ1) is 10.2. The van der Waals surface area contributed by atoms with Crippen molar-refractivity contribution < 1.29 is 0 Å². The van der Waals surface area contributed by atoms with Crippen LogP contribution >= 0.6 is 0 Å². The van der Waals surface area contributed by atoms with Crippen LogP contribution in [0.2, 0.25) is 11.6 Å². The lowest BCUT2D eigenvalue weighted by molar-refractivity contribution is 0.343. The van der Waals surface area contributed by atoms with E-state index in [0.717, 1.165) is 23.5 Å². The van der Waals surface area contributed by atoms with Crippen molar-refractivity contribution in [2.45, 2.75) is 51.2 Å². The van der Waals surface area contributed by atoms with Gasteiger partial charge in [-0.25, -0.2) is 0 Å². The average Bonchev–Trinajstić information content (AvgIpc) is 2.13. The Morgan fingerprint density at radius 2 is 1.42 bits per heavy atom. The van der Waals surface area contributed by atoms with Crippen molar-refractivity contribution in [3.05, 3.63) is 0 Å². The molecule has 0 heterocycles. The fourth-order valence-electron chi connectivity index (χ4n) is 2.48. The first-order valence-corrected chi connectivity index (χ1v) is 5.59. The van der Waals surface area contributed by atoms with Gasteiger partial charge in [0.25, 0.3) is 0 Å². The van der Waals surface area contributed by atoms with E-state index < -0.39 is 0 Å². The summed E-state index contributed by atoms with van der Waals surface area (Å²) in [7, 11) is 4.85. The lowest BCUT2D eigenvalue weighted by atomic mass is 9.74. The molecule has 2 atom stereocenters. The minimum Gasteiger partial charge on any atom is -0.0695 e. The molecule has 0 aromatic rings. The summed E-state index contributed by atoms with van der Waals surface area (Å²) in [6, 6.07) is 0. The van der Waals surface area contributed by atoms with Crippen LogP contribution < -0.4 is 0 Å². The van der Waals surface area contributed by atoms with Gasteiger partial charge in [-0.15, -0.1) is 0 Å². The summed E-state index contributed by atoms with van der Waals surface area (Å²) in [6.07, 6.45) is 5.87. The van der Waals surface area contributed by atoms with Gasteiger partial charge in [0.2, 0.25) is 0 Å². The first-order chi connectivity index (χ1) is 5.59. The standard InChI is InChI=1S/C10H22B2/c1-7(2)8-5-9(11)3-4-10(12)6-8/h7-10H,3-6,11-12H2,1-2H3. The van der Waals surface area contributed by atoms with Crippen LogP contribution in [0.4, 0.5) is 0 Å². The third-order valence-corrected chi connectivity index (χ3v) is 3.51. The van der Waals surface area contributed by atoms with Crippen LogP contribution in [-0.2, 0) is 0 Å². The zero-order valence-electron chi connectivity index (χ0n) is 9.14. The molecule has 2 heteroatoms. The van der Waals surface area contributed by atoms with E-state index in [9.17, 15) is 0 Å². The molecule has 0 spiro atoms. The predicted octanol–water partition coefficient (Wildman–Crippen LogP) is 1.68. The van der Waals surface area contributed by atoms with Gasteiger partial charge in [0.05, 0.1) is 0 Å². The molecule has 0 aromatic carbocycles. The molecular formula is C10H22B2. The zero-order valence-corrected chi connectivity index (χ0v) is 9.14. The number of hydrogen-bond donors (Lipinski definition) is 0. The Kier molecular flexibility index (Phi) is 3.74. The van der Waals surface area contributed by atoms with Gasteiger partial charge in [-0.05, 0) is 11.8 Å². The first-order valence-electron chi connectivity index (χ1n) is 5.59. The maximum atomic E-state index is 2.42. The lowest BCUT2D eigenvalue weighted by Gasteiger charge is -2.22. The van der Waals surface area contributed by atoms with Crippen molar-refractivity contribution in [3.8, 4) is 0 Å². The van der Waals surface area contributed by atoms with Gasteiger partial charge >= 0.3 is 0 Å². The summed E-state index contributed by atoms with van der Waals surface area (Å²) in [4.78, 5) is 0. The predicted molar refractivity (Wildman–Crippen MR) is 61.4 cm³/mol. The van der Waals surface area contributed by atoms with Crippen LogP contribution in [0.15, 0.2) is 0 Å². The minimum atomic E-state index is 0.896. The van der Waals surface area contributed by atoms with Crippen molar-refractivity contribution in [3.63, 3.8) is 0 Å². The van der Waals surface area contributed by atoms with Gasteiger partial charge in [0, 0.05) is 0 Å². The molecule has 0 radical (unpaired) electrons. The zero-order chi connectivity index (χ0) is 9.14. The van der Waals surface area contributed by atoms with E-state index >= 15 is 0 Å². The van der Waals surface area contributed by atoms with Gasteiger partial charge in [-0.3, -0.25) is 0 Å². The van der Waals surface area contributed by atoms with Crippen LogP contribution in [0.5, 0.6) is 0 Å². The van der Waals surface area contributed by atoms with E-state index in [-0.39, 0.29) is 0 Å². The highest BCUT2D eigenvalue weighted by atomic mass is 14.3. The molecule has 68 valence electrons. The second-order valence-corrected chi connectivity index (χ2v) is 5.26. The Balaban J connectivity index is 2.49. The quantitative estimate of drug-likeness (QED) is 0.408. The van der Waals surface area contributed by atoms with Crippen LogP contribution in [-0.4, -0.2) is 15.7 Å². The molecule has 2 unspecified atom stereocenters. The molecule has 0 N–H and O–H groups in total. The average molecular weight is 164 g/mol. The molecular weight excluding hydrogens is 142 g/mol. The molecule has 12 heavy (non-hydrogen) atoms. The molecule has 1 saturated carbocycles. The second-order valence-electron chi connectivity index (χ2n) is 5.26. The van der Waals surface area contributed by atoms with Crippen LogP contribution in [0.1, 0.15) is 39.5 Å². The van der Waals surface area contributed by atoms with E-state index in [1.54, 1.807) is 0 Å². The van der Waals surface area contributed by atoms with E-state index in [2.05, 4.69) is 29.5 Å². The van der Waals surface area contributed by atoms with Crippen molar-refractivity contribution in [2.75, 3.05) is 0 Å². The van der Waals surface area contributed by atoms with E-state index in [1.165, 1.54) is 25.7 Å². The lowest BCUT2D eigenvalue weighted by Crippen LogP contribution is -2.11. The van der Waals surface area contributed by atoms with Crippen molar-refractivity contribution in [2.24, 2.45) is 11.8 Å². The van der Waals surface area contributed by atoms with Crippen LogP contribution in [0.25, 0.3) is 0 Å². The van der Waals surface area contributed by atoms with Gasteiger partial charge < -0.3 is 0 Å². The highest BCUT2D eigenvalue weighted by Gasteiger charge is 2.23. The number of rotatable bonds is 1. The molecule has 1 aliphatic rings. The third-order valence-electron chi connectivity index (χ3n) is 3.51. The highest BCUT2D eigenvalue weighted by molar-refractivity contribution is 6.13. The molecule has 0 amide bonds. The van der Waals surface area contributed by atoms with E-state index in [1.807, 2.05) is 0 Å². The molecule has 0 saturated heterocycles. The normalized spacial score (nSPS) is 38.1. The summed E-state index contributed by atoms with van der Waals surface area (Å²) in [5.41, 5.74) is 0. The highest BCUT2D eigenvalue weighted by Crippen LogP contribution is 2.37. The summed E-state index contributed by atoms with van der Waals surface area (Å²) in [5.74, 6) is 3.84. The Morgan fingerprint density at radius 1 is 1.00 bits per heavy atom. The van der Waals surface area contributed by atoms with Crippen LogP contribution in [0, 0.1) is 11.8 Å². The molecule has 0 aromatic heterocycles. The van der Waals surface area contributed by atoms with Gasteiger partial charge in [0.1, 0.15) is 15.7 Å². The molecule has 1 aliphatic carbocycles. The molecule has 0 nitrogen and oxygen atoms in total. The van der Waals surface area contributed by atoms with Crippen molar-refractivity contribution >= 4 is 15.7 Å². The third kappa shape index (κ3) is 2.88. The van der Waals surface area contributed by atoms with Gasteiger partial charge in [-0.2, -0.15) is 0 Å². The summed E-state index contributed by atoms with van der Waals surface area (Å²) >= 11 is 0. The van der Waals surface area contributed by atoms with Gasteiger partial charge in [-0.1, -0.05) is 51.2 Å². The molecule has 1 rings (SSSR count). The summed E-state index contributed by atoms with van der Waals surface area (Å²) in [6.45, 7) is 4.77. The van der Waals surface area contributed by atoms with Crippen LogP contribution in [0.3, 0.4) is 0 Å². The van der Waals surface area contributed by atoms with Gasteiger partial charge in [0.15, 0.2) is 0 Å². The van der Waals surface area contributed by atoms with E-state index in [4.69, 9.17) is 0 Å². The van der Waals surface area contributed by atoms with Crippen molar-refractivity contribution in [1.82, 2.24) is 0 Å². The smallest absolute Gasteiger partial charge is 0.0695 e. The fourth-order valence-corrected chi connectivity index (χ4v) is 2.48. The Labute approximate surface area is 79.3 Å². The van der Waals surface area contributed by atoms with E-state index in [0.29, 0.717) is 0 Å². The SMILES string of the molecule is BC1CCC(B)CC(C(C)C)C1. The molecule has 0 bridgehead atoms. The monoisotopic (exact) mass is 164 g/mol. The Bertz CT molecular complexity index is 122. The second kappa shape index (κ2) is 4.39.